The number of nitrogens with zero attached hydrogens (tertiary/aromatic N) is 2. The van der Waals surface area contributed by atoms with Crippen molar-refractivity contribution in [1.82, 2.24) is 10.1 Å². The molecule has 5 nitrogen and oxygen atoms in total. The van der Waals surface area contributed by atoms with Gasteiger partial charge in [-0.15, -0.1) is 0 Å². The highest BCUT2D eigenvalue weighted by atomic mass is 16.5. The molecule has 0 aromatic carbocycles. The van der Waals surface area contributed by atoms with Crippen LogP contribution in [0.2, 0.25) is 0 Å². The highest BCUT2D eigenvalue weighted by Crippen LogP contribution is 2.29. The lowest BCUT2D eigenvalue weighted by Crippen LogP contribution is -2.41. The summed E-state index contributed by atoms with van der Waals surface area (Å²) < 4.78 is 4.68. The summed E-state index contributed by atoms with van der Waals surface area (Å²) in [7, 11) is 1.82. The first-order valence-electron chi connectivity index (χ1n) is 5.61. The van der Waals surface area contributed by atoms with Gasteiger partial charge in [-0.05, 0) is 25.3 Å². The average molecular weight is 223 g/mol. The summed E-state index contributed by atoms with van der Waals surface area (Å²) in [6.07, 6.45) is 4.69. The van der Waals surface area contributed by atoms with Gasteiger partial charge in [0.25, 0.3) is 5.91 Å². The van der Waals surface area contributed by atoms with Crippen molar-refractivity contribution in [2.45, 2.75) is 25.3 Å². The van der Waals surface area contributed by atoms with E-state index in [0.717, 1.165) is 19.3 Å². The molecule has 1 aromatic rings. The minimum absolute atomic E-state index is 0.0842. The summed E-state index contributed by atoms with van der Waals surface area (Å²) >= 11 is 0. The van der Waals surface area contributed by atoms with Crippen LogP contribution in [0.3, 0.4) is 0 Å². The molecule has 16 heavy (non-hydrogen) atoms. The third-order valence-corrected chi connectivity index (χ3v) is 3.40. The van der Waals surface area contributed by atoms with Gasteiger partial charge < -0.3 is 15.2 Å². The van der Waals surface area contributed by atoms with Gasteiger partial charge in [0.1, 0.15) is 6.26 Å². The predicted octanol–water partition coefficient (Wildman–Crippen LogP) is 0.874. The molecule has 1 fully saturated rings. The van der Waals surface area contributed by atoms with Crippen LogP contribution in [0.1, 0.15) is 29.8 Å². The fraction of sp³-hybridized carbons (Fsp3) is 0.636. The van der Waals surface area contributed by atoms with Crippen LogP contribution in [0, 0.1) is 5.92 Å². The number of hydrogen-bond acceptors (Lipinski definition) is 4. The van der Waals surface area contributed by atoms with Gasteiger partial charge in [0.15, 0.2) is 5.69 Å². The molecule has 1 aromatic heterocycles. The first-order valence-corrected chi connectivity index (χ1v) is 5.61. The molecule has 1 saturated carbocycles. The van der Waals surface area contributed by atoms with E-state index in [1.54, 1.807) is 11.0 Å². The van der Waals surface area contributed by atoms with E-state index in [0.29, 0.717) is 18.2 Å². The van der Waals surface area contributed by atoms with Gasteiger partial charge >= 0.3 is 0 Å². The number of hydrogen-bond donors (Lipinski definition) is 1. The van der Waals surface area contributed by atoms with Crippen molar-refractivity contribution in [1.29, 1.82) is 0 Å². The third kappa shape index (κ3) is 1.95. The lowest BCUT2D eigenvalue weighted by atomic mass is 10.0. The molecule has 2 rings (SSSR count). The van der Waals surface area contributed by atoms with Crippen LogP contribution < -0.4 is 5.73 Å². The zero-order chi connectivity index (χ0) is 11.5. The zero-order valence-electron chi connectivity index (χ0n) is 9.43. The Balaban J connectivity index is 2.07. The largest absolute Gasteiger partial charge is 0.364 e. The van der Waals surface area contributed by atoms with Crippen molar-refractivity contribution in [2.24, 2.45) is 11.7 Å². The van der Waals surface area contributed by atoms with Gasteiger partial charge in [0.2, 0.25) is 0 Å². The second kappa shape index (κ2) is 4.65. The highest BCUT2D eigenvalue weighted by molar-refractivity contribution is 5.92. The maximum Gasteiger partial charge on any atom is 0.276 e. The van der Waals surface area contributed by atoms with Crippen molar-refractivity contribution in [3.63, 3.8) is 0 Å². The number of amides is 1. The van der Waals surface area contributed by atoms with E-state index in [-0.39, 0.29) is 11.9 Å². The second-order valence-electron chi connectivity index (χ2n) is 4.29. The molecule has 1 aliphatic rings. The Labute approximate surface area is 94.6 Å². The van der Waals surface area contributed by atoms with Crippen molar-refractivity contribution in [2.75, 3.05) is 13.6 Å². The Kier molecular flexibility index (Phi) is 3.24. The van der Waals surface area contributed by atoms with Crippen LogP contribution >= 0.6 is 0 Å². The second-order valence-corrected chi connectivity index (χ2v) is 4.29. The third-order valence-electron chi connectivity index (χ3n) is 3.40. The zero-order valence-corrected chi connectivity index (χ0v) is 9.43. The number of nitrogens with two attached hydrogens (primary N) is 1. The van der Waals surface area contributed by atoms with Gasteiger partial charge in [0.05, 0.1) is 0 Å². The summed E-state index contributed by atoms with van der Waals surface area (Å²) in [4.78, 5) is 13.8. The van der Waals surface area contributed by atoms with Gasteiger partial charge in [0, 0.05) is 19.2 Å². The Hall–Kier alpha value is -1.36. The van der Waals surface area contributed by atoms with Crippen molar-refractivity contribution in [3.8, 4) is 0 Å². The van der Waals surface area contributed by atoms with Crippen LogP contribution in [0.25, 0.3) is 0 Å². The molecule has 1 heterocycles. The van der Waals surface area contributed by atoms with E-state index in [2.05, 4.69) is 9.68 Å². The molecule has 2 atom stereocenters. The molecule has 2 unspecified atom stereocenters. The van der Waals surface area contributed by atoms with E-state index < -0.39 is 0 Å². The normalized spacial score (nSPS) is 24.6. The number of carbonyl (C=O) groups is 1. The summed E-state index contributed by atoms with van der Waals surface area (Å²) in [6.45, 7) is 0.640. The fourth-order valence-electron chi connectivity index (χ4n) is 2.46. The molecule has 2 N–H and O–H groups in total. The maximum atomic E-state index is 12.0. The van der Waals surface area contributed by atoms with E-state index in [1.165, 1.54) is 6.26 Å². The molecule has 0 bridgehead atoms. The number of carbonyl (C=O) groups excluding carboxylic acids is 1. The van der Waals surface area contributed by atoms with E-state index in [1.807, 2.05) is 7.05 Å². The molecule has 1 amide bonds. The minimum atomic E-state index is -0.0842. The van der Waals surface area contributed by atoms with E-state index >= 15 is 0 Å². The molecule has 0 aliphatic heterocycles. The monoisotopic (exact) mass is 223 g/mol. The quantitative estimate of drug-likeness (QED) is 0.825. The fourth-order valence-corrected chi connectivity index (χ4v) is 2.46. The van der Waals surface area contributed by atoms with Crippen LogP contribution in [-0.2, 0) is 0 Å². The molecule has 0 radical (unpaired) electrons. The van der Waals surface area contributed by atoms with Gasteiger partial charge in [-0.2, -0.15) is 0 Å². The van der Waals surface area contributed by atoms with Crippen molar-refractivity contribution < 1.29 is 9.32 Å². The van der Waals surface area contributed by atoms with Crippen LogP contribution in [-0.4, -0.2) is 35.6 Å². The summed E-state index contributed by atoms with van der Waals surface area (Å²) in [6, 6.07) is 1.83. The lowest BCUT2D eigenvalue weighted by Gasteiger charge is -2.28. The Morgan fingerprint density at radius 3 is 3.12 bits per heavy atom. The number of rotatable bonds is 3. The van der Waals surface area contributed by atoms with Gasteiger partial charge in [-0.25, -0.2) is 0 Å². The van der Waals surface area contributed by atoms with Crippen molar-refractivity contribution in [3.05, 3.63) is 18.0 Å². The summed E-state index contributed by atoms with van der Waals surface area (Å²) in [5.41, 5.74) is 6.07. The van der Waals surface area contributed by atoms with Crippen LogP contribution in [0.5, 0.6) is 0 Å². The standard InChI is InChI=1S/C11H17N3O2/c1-14(10-4-2-3-8(10)7-12)11(15)9-5-6-16-13-9/h5-6,8,10H,2-4,7,12H2,1H3. The Bertz CT molecular complexity index is 350. The van der Waals surface area contributed by atoms with Crippen LogP contribution in [0.15, 0.2) is 16.9 Å². The van der Waals surface area contributed by atoms with Gasteiger partial charge in [-0.1, -0.05) is 11.6 Å². The molecular formula is C11H17N3O2. The first kappa shape index (κ1) is 11.1. The van der Waals surface area contributed by atoms with E-state index in [4.69, 9.17) is 5.73 Å². The number of aromatic nitrogens is 1. The smallest absolute Gasteiger partial charge is 0.276 e. The SMILES string of the molecule is CN(C(=O)c1ccon1)C1CCCC1CN. The maximum absolute atomic E-state index is 12.0. The van der Waals surface area contributed by atoms with Gasteiger partial charge in [-0.3, -0.25) is 4.79 Å². The molecule has 0 spiro atoms. The molecule has 88 valence electrons. The Morgan fingerprint density at radius 1 is 1.69 bits per heavy atom. The highest BCUT2D eigenvalue weighted by Gasteiger charge is 2.32. The molecular weight excluding hydrogens is 206 g/mol. The predicted molar refractivity (Wildman–Crippen MR) is 58.8 cm³/mol. The lowest BCUT2D eigenvalue weighted by molar-refractivity contribution is 0.0689. The average Bonchev–Trinajstić information content (AvgIpc) is 2.97. The first-order chi connectivity index (χ1) is 7.74. The molecule has 5 heteroatoms. The van der Waals surface area contributed by atoms with E-state index in [9.17, 15) is 4.79 Å². The summed E-state index contributed by atoms with van der Waals surface area (Å²) in [5, 5.41) is 3.66. The summed E-state index contributed by atoms with van der Waals surface area (Å²) in [5.74, 6) is 0.333. The van der Waals surface area contributed by atoms with Crippen LogP contribution in [0.4, 0.5) is 0 Å². The minimum Gasteiger partial charge on any atom is -0.364 e. The van der Waals surface area contributed by atoms with Crippen molar-refractivity contribution >= 4 is 5.91 Å². The topological polar surface area (TPSA) is 72.4 Å². The molecule has 0 saturated heterocycles. The Morgan fingerprint density at radius 2 is 2.50 bits per heavy atom. The molecule has 1 aliphatic carbocycles.